The maximum atomic E-state index is 10.8. The molecule has 0 amide bonds. The minimum atomic E-state index is -0.407. The Morgan fingerprint density at radius 3 is 2.59 bits per heavy atom. The zero-order chi connectivity index (χ0) is 12.8. The van der Waals surface area contributed by atoms with Gasteiger partial charge in [0, 0.05) is 12.2 Å². The predicted octanol–water partition coefficient (Wildman–Crippen LogP) is 2.36. The molecule has 0 aliphatic carbocycles. The quantitative estimate of drug-likeness (QED) is 0.470. The molecule has 0 saturated heterocycles. The SMILES string of the molecule is Cc1cc(C)c([N+](=O)[O-])cc1OCCCCO. The molecule has 1 aromatic rings. The van der Waals surface area contributed by atoms with Gasteiger partial charge in [-0.3, -0.25) is 10.1 Å². The van der Waals surface area contributed by atoms with Gasteiger partial charge in [0.15, 0.2) is 0 Å². The van der Waals surface area contributed by atoms with Crippen molar-refractivity contribution in [2.75, 3.05) is 13.2 Å². The second kappa shape index (κ2) is 6.20. The van der Waals surface area contributed by atoms with Crippen LogP contribution in [0.25, 0.3) is 0 Å². The molecule has 94 valence electrons. The Balaban J connectivity index is 2.77. The van der Waals surface area contributed by atoms with Crippen molar-refractivity contribution in [1.82, 2.24) is 0 Å². The Morgan fingerprint density at radius 2 is 2.00 bits per heavy atom. The second-order valence-electron chi connectivity index (χ2n) is 3.94. The highest BCUT2D eigenvalue weighted by molar-refractivity contribution is 5.49. The minimum absolute atomic E-state index is 0.0766. The number of hydrogen-bond acceptors (Lipinski definition) is 4. The fraction of sp³-hybridized carbons (Fsp3) is 0.500. The molecule has 17 heavy (non-hydrogen) atoms. The topological polar surface area (TPSA) is 72.6 Å². The summed E-state index contributed by atoms with van der Waals surface area (Å²) in [5.41, 5.74) is 1.60. The van der Waals surface area contributed by atoms with E-state index in [1.54, 1.807) is 13.0 Å². The lowest BCUT2D eigenvalue weighted by Gasteiger charge is -2.09. The lowest BCUT2D eigenvalue weighted by molar-refractivity contribution is -0.385. The third kappa shape index (κ3) is 3.71. The van der Waals surface area contributed by atoms with Crippen molar-refractivity contribution in [1.29, 1.82) is 0 Å². The number of aryl methyl sites for hydroxylation is 2. The van der Waals surface area contributed by atoms with Crippen LogP contribution in [0.1, 0.15) is 24.0 Å². The van der Waals surface area contributed by atoms with Crippen molar-refractivity contribution in [3.05, 3.63) is 33.4 Å². The van der Waals surface area contributed by atoms with Crippen LogP contribution in [-0.4, -0.2) is 23.2 Å². The minimum Gasteiger partial charge on any atom is -0.493 e. The molecular formula is C12H17NO4. The number of nitrogens with zero attached hydrogens (tertiary/aromatic N) is 1. The van der Waals surface area contributed by atoms with E-state index in [9.17, 15) is 10.1 Å². The molecule has 0 saturated carbocycles. The molecule has 0 unspecified atom stereocenters. The number of unbranched alkanes of at least 4 members (excludes halogenated alkanes) is 1. The summed E-state index contributed by atoms with van der Waals surface area (Å²) >= 11 is 0. The molecule has 1 rings (SSSR count). The van der Waals surface area contributed by atoms with Gasteiger partial charge in [0.05, 0.1) is 17.6 Å². The van der Waals surface area contributed by atoms with Crippen LogP contribution < -0.4 is 4.74 Å². The summed E-state index contributed by atoms with van der Waals surface area (Å²) in [6.07, 6.45) is 1.41. The molecule has 0 radical (unpaired) electrons. The van der Waals surface area contributed by atoms with E-state index in [2.05, 4.69) is 0 Å². The number of aliphatic hydroxyl groups is 1. The number of aliphatic hydroxyl groups excluding tert-OH is 1. The van der Waals surface area contributed by atoms with E-state index in [1.807, 2.05) is 6.92 Å². The number of ether oxygens (including phenoxy) is 1. The van der Waals surface area contributed by atoms with E-state index in [1.165, 1.54) is 6.07 Å². The number of benzene rings is 1. The molecule has 5 nitrogen and oxygen atoms in total. The second-order valence-corrected chi connectivity index (χ2v) is 3.94. The van der Waals surface area contributed by atoms with Gasteiger partial charge in [-0.25, -0.2) is 0 Å². The Kier molecular flexibility index (Phi) is 4.90. The lowest BCUT2D eigenvalue weighted by Crippen LogP contribution is -2.01. The van der Waals surface area contributed by atoms with Crippen LogP contribution in [0.2, 0.25) is 0 Å². The van der Waals surface area contributed by atoms with E-state index in [0.29, 0.717) is 24.3 Å². The summed E-state index contributed by atoms with van der Waals surface area (Å²) in [5, 5.41) is 19.4. The van der Waals surface area contributed by atoms with Gasteiger partial charge in [-0.1, -0.05) is 0 Å². The standard InChI is InChI=1S/C12H17NO4/c1-9-7-10(2)12(8-11(9)13(15)16)17-6-4-3-5-14/h7-8,14H,3-6H2,1-2H3. The predicted molar refractivity (Wildman–Crippen MR) is 64.4 cm³/mol. The number of nitro benzene ring substituents is 1. The van der Waals surface area contributed by atoms with Gasteiger partial charge in [-0.2, -0.15) is 0 Å². The summed E-state index contributed by atoms with van der Waals surface area (Å²) in [6, 6.07) is 3.21. The van der Waals surface area contributed by atoms with Crippen molar-refractivity contribution in [3.8, 4) is 5.75 Å². The van der Waals surface area contributed by atoms with E-state index < -0.39 is 4.92 Å². The molecule has 1 N–H and O–H groups in total. The van der Waals surface area contributed by atoms with Gasteiger partial charge in [0.25, 0.3) is 5.69 Å². The molecule has 0 atom stereocenters. The monoisotopic (exact) mass is 239 g/mol. The van der Waals surface area contributed by atoms with Crippen LogP contribution in [0.4, 0.5) is 5.69 Å². The molecule has 0 fully saturated rings. The first-order chi connectivity index (χ1) is 8.06. The molecule has 5 heteroatoms. The van der Waals surface area contributed by atoms with Gasteiger partial charge < -0.3 is 9.84 Å². The molecule has 0 aliphatic heterocycles. The smallest absolute Gasteiger partial charge is 0.276 e. The Bertz CT molecular complexity index is 404. The van der Waals surface area contributed by atoms with Gasteiger partial charge in [0.1, 0.15) is 5.75 Å². The Morgan fingerprint density at radius 1 is 1.29 bits per heavy atom. The van der Waals surface area contributed by atoms with Crippen LogP contribution in [-0.2, 0) is 0 Å². The highest BCUT2D eigenvalue weighted by atomic mass is 16.6. The zero-order valence-corrected chi connectivity index (χ0v) is 10.1. The van der Waals surface area contributed by atoms with Crippen molar-refractivity contribution in [3.63, 3.8) is 0 Å². The Labute approximate surface area is 100 Å². The molecule has 0 spiro atoms. The lowest BCUT2D eigenvalue weighted by atomic mass is 10.1. The molecule has 1 aromatic carbocycles. The fourth-order valence-corrected chi connectivity index (χ4v) is 1.57. The average Bonchev–Trinajstić information content (AvgIpc) is 2.26. The van der Waals surface area contributed by atoms with Gasteiger partial charge in [-0.15, -0.1) is 0 Å². The highest BCUT2D eigenvalue weighted by Gasteiger charge is 2.14. The first kappa shape index (κ1) is 13.4. The summed E-state index contributed by atoms with van der Waals surface area (Å²) in [6.45, 7) is 4.16. The summed E-state index contributed by atoms with van der Waals surface area (Å²) in [4.78, 5) is 10.4. The third-order valence-corrected chi connectivity index (χ3v) is 2.50. The van der Waals surface area contributed by atoms with Crippen LogP contribution in [0, 0.1) is 24.0 Å². The number of hydrogen-bond donors (Lipinski definition) is 1. The maximum Gasteiger partial charge on any atom is 0.276 e. The average molecular weight is 239 g/mol. The summed E-state index contributed by atoms with van der Waals surface area (Å²) < 4.78 is 5.47. The highest BCUT2D eigenvalue weighted by Crippen LogP contribution is 2.28. The summed E-state index contributed by atoms with van der Waals surface area (Å²) in [5.74, 6) is 0.542. The number of nitro groups is 1. The first-order valence-electron chi connectivity index (χ1n) is 5.55. The van der Waals surface area contributed by atoms with E-state index in [0.717, 1.165) is 12.0 Å². The largest absolute Gasteiger partial charge is 0.493 e. The van der Waals surface area contributed by atoms with E-state index in [-0.39, 0.29) is 12.3 Å². The van der Waals surface area contributed by atoms with Gasteiger partial charge in [0.2, 0.25) is 0 Å². The first-order valence-corrected chi connectivity index (χ1v) is 5.55. The third-order valence-electron chi connectivity index (χ3n) is 2.50. The van der Waals surface area contributed by atoms with Crippen LogP contribution in [0.5, 0.6) is 5.75 Å². The normalized spacial score (nSPS) is 10.3. The van der Waals surface area contributed by atoms with Crippen LogP contribution in [0.15, 0.2) is 12.1 Å². The molecular weight excluding hydrogens is 222 g/mol. The summed E-state index contributed by atoms with van der Waals surface area (Å²) in [7, 11) is 0. The van der Waals surface area contributed by atoms with Crippen LogP contribution in [0.3, 0.4) is 0 Å². The zero-order valence-electron chi connectivity index (χ0n) is 10.1. The molecule has 0 aliphatic rings. The molecule has 0 bridgehead atoms. The van der Waals surface area contributed by atoms with Crippen molar-refractivity contribution in [2.24, 2.45) is 0 Å². The van der Waals surface area contributed by atoms with Gasteiger partial charge in [-0.05, 0) is 38.3 Å². The van der Waals surface area contributed by atoms with Gasteiger partial charge >= 0.3 is 0 Å². The van der Waals surface area contributed by atoms with E-state index >= 15 is 0 Å². The van der Waals surface area contributed by atoms with Crippen molar-refractivity contribution in [2.45, 2.75) is 26.7 Å². The molecule has 0 aromatic heterocycles. The van der Waals surface area contributed by atoms with E-state index in [4.69, 9.17) is 9.84 Å². The van der Waals surface area contributed by atoms with Crippen molar-refractivity contribution >= 4 is 5.69 Å². The molecule has 0 heterocycles. The Hall–Kier alpha value is -1.62. The van der Waals surface area contributed by atoms with Crippen molar-refractivity contribution < 1.29 is 14.8 Å². The fourth-order valence-electron chi connectivity index (χ4n) is 1.57. The van der Waals surface area contributed by atoms with Crippen LogP contribution >= 0.6 is 0 Å². The maximum absolute atomic E-state index is 10.8. The number of rotatable bonds is 6.